The third kappa shape index (κ3) is 4.23. The molecule has 154 valence electrons. The standard InChI is InChI=1S/C21H28N6O2/c1-15-7-8-18-16(13-15)14-17(21(28)22-18)19(26-9-5-3-4-6-10-26)20-23-24-25-27(20)11-12-29-2/h7-8,13-14,19H,3-6,9-12H2,1-2H3,(H,22,28)/p+1/t19-/m1/s1. The second kappa shape index (κ2) is 8.84. The SMILES string of the molecule is COCCn1nnnc1[C@@H](c1cc2cc(C)ccc2[nH]c1=O)[NH+]1CCCCCC1. The molecule has 2 N–H and O–H groups in total. The smallest absolute Gasteiger partial charge is 0.258 e. The molecule has 2 aromatic heterocycles. The summed E-state index contributed by atoms with van der Waals surface area (Å²) in [6, 6.07) is 7.91. The van der Waals surface area contributed by atoms with Crippen LogP contribution in [0.4, 0.5) is 0 Å². The van der Waals surface area contributed by atoms with E-state index in [9.17, 15) is 4.79 Å². The molecular formula is C21H29N6O2+. The quantitative estimate of drug-likeness (QED) is 0.648. The Balaban J connectivity index is 1.84. The van der Waals surface area contributed by atoms with E-state index in [1.807, 2.05) is 18.2 Å². The lowest BCUT2D eigenvalue weighted by atomic mass is 10.0. The van der Waals surface area contributed by atoms with Gasteiger partial charge in [-0.15, -0.1) is 5.10 Å². The van der Waals surface area contributed by atoms with Crippen molar-refractivity contribution in [2.24, 2.45) is 0 Å². The summed E-state index contributed by atoms with van der Waals surface area (Å²) in [4.78, 5) is 17.6. The van der Waals surface area contributed by atoms with E-state index in [-0.39, 0.29) is 11.6 Å². The first kappa shape index (κ1) is 19.7. The molecule has 8 heteroatoms. The van der Waals surface area contributed by atoms with Gasteiger partial charge in [0.25, 0.3) is 5.56 Å². The number of hydrogen-bond donors (Lipinski definition) is 2. The van der Waals surface area contributed by atoms with Crippen molar-refractivity contribution in [2.45, 2.75) is 45.2 Å². The molecule has 0 saturated carbocycles. The molecule has 1 aromatic carbocycles. The molecule has 1 aliphatic heterocycles. The van der Waals surface area contributed by atoms with E-state index >= 15 is 0 Å². The van der Waals surface area contributed by atoms with Crippen molar-refractivity contribution < 1.29 is 9.64 Å². The summed E-state index contributed by atoms with van der Waals surface area (Å²) in [6.07, 6.45) is 4.77. The van der Waals surface area contributed by atoms with Crippen molar-refractivity contribution >= 4 is 10.9 Å². The summed E-state index contributed by atoms with van der Waals surface area (Å²) in [6.45, 7) is 5.16. The molecule has 0 unspecified atom stereocenters. The Morgan fingerprint density at radius 1 is 1.21 bits per heavy atom. The number of H-pyrrole nitrogens is 1. The number of methoxy groups -OCH3 is 1. The van der Waals surface area contributed by atoms with Crippen LogP contribution in [0.25, 0.3) is 10.9 Å². The van der Waals surface area contributed by atoms with Crippen molar-refractivity contribution in [3.8, 4) is 0 Å². The maximum atomic E-state index is 13.1. The normalized spacial score (nSPS) is 16.8. The van der Waals surface area contributed by atoms with Crippen molar-refractivity contribution in [1.29, 1.82) is 0 Å². The number of nitrogens with one attached hydrogen (secondary N) is 2. The predicted molar refractivity (Wildman–Crippen MR) is 110 cm³/mol. The number of likely N-dealkylation sites (tertiary alicyclic amines) is 1. The molecule has 1 aliphatic rings. The predicted octanol–water partition coefficient (Wildman–Crippen LogP) is 1.02. The molecule has 1 atom stereocenters. The van der Waals surface area contributed by atoms with Crippen LogP contribution in [0, 0.1) is 6.92 Å². The van der Waals surface area contributed by atoms with Gasteiger partial charge in [-0.3, -0.25) is 4.79 Å². The average Bonchev–Trinajstić information content (AvgIpc) is 3.00. The second-order valence-electron chi connectivity index (χ2n) is 7.90. The molecule has 0 radical (unpaired) electrons. The molecule has 3 heterocycles. The lowest BCUT2D eigenvalue weighted by Gasteiger charge is -2.26. The van der Waals surface area contributed by atoms with E-state index in [1.54, 1.807) is 11.8 Å². The number of rotatable bonds is 6. The van der Waals surface area contributed by atoms with Crippen LogP contribution in [0.5, 0.6) is 0 Å². The number of benzene rings is 1. The zero-order valence-electron chi connectivity index (χ0n) is 17.1. The van der Waals surface area contributed by atoms with Gasteiger partial charge in [-0.25, -0.2) is 4.68 Å². The second-order valence-corrected chi connectivity index (χ2v) is 7.90. The van der Waals surface area contributed by atoms with Crippen LogP contribution in [-0.2, 0) is 11.3 Å². The van der Waals surface area contributed by atoms with Crippen LogP contribution >= 0.6 is 0 Å². The Morgan fingerprint density at radius 2 is 2.00 bits per heavy atom. The first-order valence-corrected chi connectivity index (χ1v) is 10.4. The van der Waals surface area contributed by atoms with Gasteiger partial charge in [0.15, 0.2) is 6.04 Å². The van der Waals surface area contributed by atoms with Crippen molar-refractivity contribution in [2.75, 3.05) is 26.8 Å². The molecule has 8 nitrogen and oxygen atoms in total. The highest BCUT2D eigenvalue weighted by atomic mass is 16.5. The van der Waals surface area contributed by atoms with E-state index < -0.39 is 0 Å². The van der Waals surface area contributed by atoms with E-state index in [0.717, 1.165) is 48.2 Å². The fourth-order valence-corrected chi connectivity index (χ4v) is 4.33. The molecule has 1 saturated heterocycles. The summed E-state index contributed by atoms with van der Waals surface area (Å²) < 4.78 is 7.01. The molecule has 3 aromatic rings. The average molecular weight is 398 g/mol. The highest BCUT2D eigenvalue weighted by Gasteiger charge is 2.34. The summed E-state index contributed by atoms with van der Waals surface area (Å²) in [7, 11) is 1.66. The molecule has 0 bridgehead atoms. The van der Waals surface area contributed by atoms with Gasteiger partial charge in [-0.1, -0.05) is 11.6 Å². The van der Waals surface area contributed by atoms with Gasteiger partial charge in [-0.2, -0.15) is 0 Å². The Kier molecular flexibility index (Phi) is 6.01. The molecule has 0 spiro atoms. The minimum absolute atomic E-state index is 0.0654. The van der Waals surface area contributed by atoms with Crippen LogP contribution in [0.1, 0.15) is 48.7 Å². The number of quaternary nitrogens is 1. The van der Waals surface area contributed by atoms with Crippen LogP contribution in [-0.4, -0.2) is 52.0 Å². The molecule has 0 amide bonds. The summed E-state index contributed by atoms with van der Waals surface area (Å²) in [5.41, 5.74) is 2.69. The topological polar surface area (TPSA) is 90.1 Å². The van der Waals surface area contributed by atoms with Gasteiger partial charge >= 0.3 is 0 Å². The number of pyridine rings is 1. The van der Waals surface area contributed by atoms with E-state index in [2.05, 4.69) is 33.5 Å². The number of ether oxygens (including phenoxy) is 1. The zero-order chi connectivity index (χ0) is 20.2. The summed E-state index contributed by atoms with van der Waals surface area (Å²) >= 11 is 0. The number of aromatic nitrogens is 5. The van der Waals surface area contributed by atoms with Crippen molar-refractivity contribution in [3.05, 3.63) is 51.6 Å². The van der Waals surface area contributed by atoms with Crippen molar-refractivity contribution in [3.63, 3.8) is 0 Å². The van der Waals surface area contributed by atoms with Crippen LogP contribution < -0.4 is 10.5 Å². The maximum absolute atomic E-state index is 13.1. The number of hydrogen-bond acceptors (Lipinski definition) is 5. The summed E-state index contributed by atoms with van der Waals surface area (Å²) in [5.74, 6) is 0.733. The minimum atomic E-state index is -0.200. The van der Waals surface area contributed by atoms with E-state index in [0.29, 0.717) is 13.2 Å². The van der Waals surface area contributed by atoms with Crippen LogP contribution in [0.3, 0.4) is 0 Å². The Hall–Kier alpha value is -2.58. The Bertz CT molecular complexity index is 1020. The fraction of sp³-hybridized carbons (Fsp3) is 0.524. The molecule has 0 aliphatic carbocycles. The molecule has 4 rings (SSSR count). The maximum Gasteiger partial charge on any atom is 0.258 e. The number of aryl methyl sites for hydroxylation is 1. The van der Waals surface area contributed by atoms with Crippen LogP contribution in [0.15, 0.2) is 29.1 Å². The van der Waals surface area contributed by atoms with Gasteiger partial charge in [0, 0.05) is 12.6 Å². The van der Waals surface area contributed by atoms with Gasteiger partial charge in [0.05, 0.1) is 31.8 Å². The lowest BCUT2D eigenvalue weighted by Crippen LogP contribution is -3.12. The first-order chi connectivity index (χ1) is 14.2. The number of fused-ring (bicyclic) bond motifs is 1. The Morgan fingerprint density at radius 3 is 2.76 bits per heavy atom. The highest BCUT2D eigenvalue weighted by molar-refractivity contribution is 5.79. The largest absolute Gasteiger partial charge is 0.383 e. The number of tetrazole rings is 1. The van der Waals surface area contributed by atoms with Gasteiger partial charge < -0.3 is 14.6 Å². The third-order valence-electron chi connectivity index (χ3n) is 5.82. The minimum Gasteiger partial charge on any atom is -0.383 e. The molecular weight excluding hydrogens is 368 g/mol. The van der Waals surface area contributed by atoms with Gasteiger partial charge in [0.1, 0.15) is 0 Å². The fourth-order valence-electron chi connectivity index (χ4n) is 4.33. The molecule has 29 heavy (non-hydrogen) atoms. The monoisotopic (exact) mass is 397 g/mol. The number of aromatic amines is 1. The van der Waals surface area contributed by atoms with Crippen molar-refractivity contribution in [1.82, 2.24) is 25.2 Å². The molecule has 1 fully saturated rings. The number of nitrogens with zero attached hydrogens (tertiary/aromatic N) is 4. The van der Waals surface area contributed by atoms with Crippen LogP contribution in [0.2, 0.25) is 0 Å². The van der Waals surface area contributed by atoms with E-state index in [4.69, 9.17) is 4.74 Å². The van der Waals surface area contributed by atoms with E-state index in [1.165, 1.54) is 23.3 Å². The lowest BCUT2D eigenvalue weighted by molar-refractivity contribution is -0.925. The third-order valence-corrected chi connectivity index (χ3v) is 5.82. The van der Waals surface area contributed by atoms with Gasteiger partial charge in [0.2, 0.25) is 5.82 Å². The first-order valence-electron chi connectivity index (χ1n) is 10.4. The Labute approximate surface area is 169 Å². The summed E-state index contributed by atoms with van der Waals surface area (Å²) in [5, 5.41) is 13.5. The highest BCUT2D eigenvalue weighted by Crippen LogP contribution is 2.20. The zero-order valence-corrected chi connectivity index (χ0v) is 17.1. The van der Waals surface area contributed by atoms with Gasteiger partial charge in [-0.05, 0) is 66.6 Å².